The van der Waals surface area contributed by atoms with Gasteiger partial charge in [-0.3, -0.25) is 4.79 Å². The largest absolute Gasteiger partial charge is 0.394 e. The topological polar surface area (TPSA) is 149 Å². The van der Waals surface area contributed by atoms with Gasteiger partial charge in [0.2, 0.25) is 5.91 Å². The molecular weight excluding hydrogens is 670 g/mol. The van der Waals surface area contributed by atoms with Crippen LogP contribution >= 0.6 is 0 Å². The second-order valence-corrected chi connectivity index (χ2v) is 15.5. The average molecular weight is 754 g/mol. The first-order valence-electron chi connectivity index (χ1n) is 22.0. The fourth-order valence-corrected chi connectivity index (χ4v) is 6.95. The van der Waals surface area contributed by atoms with E-state index < -0.39 is 49.5 Å². The lowest BCUT2D eigenvalue weighted by Gasteiger charge is -2.40. The Morgan fingerprint density at radius 3 is 1.66 bits per heavy atom. The van der Waals surface area contributed by atoms with Crippen LogP contribution in [0, 0.1) is 0 Å². The number of aliphatic hydroxyl groups excluding tert-OH is 5. The van der Waals surface area contributed by atoms with Crippen LogP contribution < -0.4 is 5.32 Å². The first kappa shape index (κ1) is 49.7. The summed E-state index contributed by atoms with van der Waals surface area (Å²) in [4.78, 5) is 12.9. The highest BCUT2D eigenvalue weighted by molar-refractivity contribution is 5.76. The molecule has 1 saturated heterocycles. The standard InChI is InChI=1S/C44H83NO8/c1-3-5-7-9-11-13-15-17-19-21-23-25-27-29-31-33-38(47)37(36-52-44-43(51)42(50)41(49)39(35-46)53-44)45-40(48)34-32-30-28-26-24-22-20-18-16-14-12-10-8-6-4-2/h12,14,18,20,37-39,41-44,46-47,49-51H,3-11,13,15-17,19,21-36H2,1-2H3,(H,45,48)/b14-12+,20-18+/t37-,38+,39+,41+,42?,43?,44+/m0/s1. The number of nitrogens with one attached hydrogen (secondary N) is 1. The number of amides is 1. The third-order valence-corrected chi connectivity index (χ3v) is 10.6. The predicted molar refractivity (Wildman–Crippen MR) is 217 cm³/mol. The third-order valence-electron chi connectivity index (χ3n) is 10.6. The molecule has 9 heteroatoms. The molecule has 0 aromatic heterocycles. The molecule has 0 radical (unpaired) electrons. The number of hydrogen-bond donors (Lipinski definition) is 6. The molecule has 312 valence electrons. The molecule has 1 fully saturated rings. The second-order valence-electron chi connectivity index (χ2n) is 15.5. The van der Waals surface area contributed by atoms with E-state index in [4.69, 9.17) is 9.47 Å². The molecule has 1 aliphatic heterocycles. The van der Waals surface area contributed by atoms with E-state index in [2.05, 4.69) is 43.5 Å². The van der Waals surface area contributed by atoms with Crippen LogP contribution in [-0.4, -0.2) is 87.5 Å². The SMILES string of the molecule is CCCCC/C=C/C/C=C/CCCCCCCC(=O)N[C@@H](CO[C@@H]1O[C@H](CO)[C@@H](O)C(O)C1O)[C@H](O)CCCCCCCCCCCCCCCCC. The highest BCUT2D eigenvalue weighted by Crippen LogP contribution is 2.23. The van der Waals surface area contributed by atoms with E-state index >= 15 is 0 Å². The smallest absolute Gasteiger partial charge is 0.220 e. The highest BCUT2D eigenvalue weighted by Gasteiger charge is 2.44. The van der Waals surface area contributed by atoms with Crippen molar-refractivity contribution in [3.8, 4) is 0 Å². The summed E-state index contributed by atoms with van der Waals surface area (Å²) < 4.78 is 11.2. The van der Waals surface area contributed by atoms with Crippen LogP contribution in [0.25, 0.3) is 0 Å². The Morgan fingerprint density at radius 2 is 1.11 bits per heavy atom. The Kier molecular flexibility index (Phi) is 32.9. The van der Waals surface area contributed by atoms with Gasteiger partial charge >= 0.3 is 0 Å². The zero-order valence-corrected chi connectivity index (χ0v) is 34.0. The number of rotatable bonds is 36. The van der Waals surface area contributed by atoms with Crippen LogP contribution in [0.1, 0.15) is 194 Å². The summed E-state index contributed by atoms with van der Waals surface area (Å²) in [6, 6.07) is -0.723. The zero-order chi connectivity index (χ0) is 38.8. The summed E-state index contributed by atoms with van der Waals surface area (Å²) in [6.45, 7) is 3.79. The van der Waals surface area contributed by atoms with Crippen molar-refractivity contribution >= 4 is 5.91 Å². The summed E-state index contributed by atoms with van der Waals surface area (Å²) >= 11 is 0. The minimum atomic E-state index is -1.55. The number of carbonyl (C=O) groups excluding carboxylic acids is 1. The lowest BCUT2D eigenvalue weighted by atomic mass is 9.99. The van der Waals surface area contributed by atoms with Crippen LogP contribution in [0.3, 0.4) is 0 Å². The molecule has 9 nitrogen and oxygen atoms in total. The minimum Gasteiger partial charge on any atom is -0.394 e. The summed E-state index contributed by atoms with van der Waals surface area (Å²) in [5.41, 5.74) is 0. The summed E-state index contributed by atoms with van der Waals surface area (Å²) in [7, 11) is 0. The first-order valence-corrected chi connectivity index (χ1v) is 22.0. The van der Waals surface area contributed by atoms with Crippen molar-refractivity contribution in [2.45, 2.75) is 236 Å². The molecule has 0 aromatic rings. The van der Waals surface area contributed by atoms with Gasteiger partial charge in [-0.2, -0.15) is 0 Å². The van der Waals surface area contributed by atoms with E-state index in [1.807, 2.05) is 0 Å². The van der Waals surface area contributed by atoms with Gasteiger partial charge in [-0.1, -0.05) is 167 Å². The molecule has 0 bridgehead atoms. The second kappa shape index (κ2) is 35.1. The van der Waals surface area contributed by atoms with Gasteiger partial charge in [0.15, 0.2) is 6.29 Å². The van der Waals surface area contributed by atoms with Gasteiger partial charge in [-0.05, 0) is 44.9 Å². The van der Waals surface area contributed by atoms with Crippen LogP contribution in [0.5, 0.6) is 0 Å². The summed E-state index contributed by atoms with van der Waals surface area (Å²) in [5.74, 6) is -0.159. The van der Waals surface area contributed by atoms with Gasteiger partial charge in [-0.15, -0.1) is 0 Å². The van der Waals surface area contributed by atoms with Gasteiger partial charge in [0.1, 0.15) is 24.4 Å². The number of aliphatic hydroxyl groups is 5. The molecule has 2 unspecified atom stereocenters. The quantitative estimate of drug-likeness (QED) is 0.0275. The van der Waals surface area contributed by atoms with Gasteiger partial charge in [0.05, 0.1) is 25.4 Å². The number of ether oxygens (including phenoxy) is 2. The Hall–Kier alpha value is -1.33. The van der Waals surface area contributed by atoms with Gasteiger partial charge in [0, 0.05) is 6.42 Å². The van der Waals surface area contributed by atoms with Crippen LogP contribution in [0.4, 0.5) is 0 Å². The molecule has 0 aromatic carbocycles. The van der Waals surface area contributed by atoms with Gasteiger partial charge in [-0.25, -0.2) is 0 Å². The predicted octanol–water partition coefficient (Wildman–Crippen LogP) is 8.72. The van der Waals surface area contributed by atoms with Crippen LogP contribution in [0.15, 0.2) is 24.3 Å². The maximum atomic E-state index is 12.9. The maximum Gasteiger partial charge on any atom is 0.220 e. The van der Waals surface area contributed by atoms with E-state index in [0.717, 1.165) is 64.2 Å². The van der Waals surface area contributed by atoms with Crippen molar-refractivity contribution in [3.63, 3.8) is 0 Å². The van der Waals surface area contributed by atoms with E-state index in [9.17, 15) is 30.3 Å². The zero-order valence-electron chi connectivity index (χ0n) is 34.0. The van der Waals surface area contributed by atoms with Gasteiger partial charge in [0.25, 0.3) is 0 Å². The van der Waals surface area contributed by atoms with Gasteiger partial charge < -0.3 is 40.3 Å². The normalized spacial score (nSPS) is 21.8. The molecule has 0 saturated carbocycles. The van der Waals surface area contributed by atoms with Crippen LogP contribution in [0.2, 0.25) is 0 Å². The first-order chi connectivity index (χ1) is 25.8. The molecule has 1 rings (SSSR count). The molecule has 0 spiro atoms. The Morgan fingerprint density at radius 1 is 0.642 bits per heavy atom. The molecule has 0 aliphatic carbocycles. The van der Waals surface area contributed by atoms with Crippen molar-refractivity contribution in [3.05, 3.63) is 24.3 Å². The summed E-state index contributed by atoms with van der Waals surface area (Å²) in [5, 5.41) is 54.3. The molecule has 1 amide bonds. The highest BCUT2D eigenvalue weighted by atomic mass is 16.7. The number of unbranched alkanes of at least 4 members (excludes halogenated alkanes) is 22. The van der Waals surface area contributed by atoms with Crippen molar-refractivity contribution in [1.82, 2.24) is 5.32 Å². The minimum absolute atomic E-state index is 0.142. The van der Waals surface area contributed by atoms with Crippen molar-refractivity contribution in [2.75, 3.05) is 13.2 Å². The van der Waals surface area contributed by atoms with E-state index in [-0.39, 0.29) is 12.5 Å². The molecule has 6 N–H and O–H groups in total. The summed E-state index contributed by atoms with van der Waals surface area (Å²) in [6.07, 6.45) is 33.2. The third kappa shape index (κ3) is 26.2. The number of allylic oxidation sites excluding steroid dienone is 4. The Balaban J connectivity index is 2.37. The van der Waals surface area contributed by atoms with Crippen molar-refractivity contribution in [1.29, 1.82) is 0 Å². The molecule has 7 atom stereocenters. The molecular formula is C44H83NO8. The lowest BCUT2D eigenvalue weighted by Crippen LogP contribution is -2.60. The average Bonchev–Trinajstić information content (AvgIpc) is 3.16. The van der Waals surface area contributed by atoms with Crippen molar-refractivity contribution < 1.29 is 39.8 Å². The van der Waals surface area contributed by atoms with E-state index in [1.54, 1.807) is 0 Å². The molecule has 1 heterocycles. The molecule has 53 heavy (non-hydrogen) atoms. The Bertz CT molecular complexity index is 883. The number of carbonyl (C=O) groups is 1. The van der Waals surface area contributed by atoms with Crippen LogP contribution in [-0.2, 0) is 14.3 Å². The fraction of sp³-hybridized carbons (Fsp3) is 0.886. The van der Waals surface area contributed by atoms with Crippen molar-refractivity contribution in [2.24, 2.45) is 0 Å². The maximum absolute atomic E-state index is 12.9. The lowest BCUT2D eigenvalue weighted by molar-refractivity contribution is -0.302. The van der Waals surface area contributed by atoms with E-state index in [0.29, 0.717) is 12.8 Å². The van der Waals surface area contributed by atoms with E-state index in [1.165, 1.54) is 103 Å². The monoisotopic (exact) mass is 754 g/mol. The molecule has 1 aliphatic rings. The number of hydrogen-bond acceptors (Lipinski definition) is 8. The fourth-order valence-electron chi connectivity index (χ4n) is 6.95. The Labute approximate surface area is 324 Å².